The Balaban J connectivity index is 2.27. The van der Waals surface area contributed by atoms with Gasteiger partial charge in [-0.05, 0) is 38.8 Å². The monoisotopic (exact) mass is 293 g/mol. The molecule has 2 N–H and O–H groups in total. The van der Waals surface area contributed by atoms with Crippen molar-refractivity contribution in [1.82, 2.24) is 14.7 Å². The van der Waals surface area contributed by atoms with E-state index in [9.17, 15) is 8.42 Å². The lowest BCUT2D eigenvalue weighted by molar-refractivity contribution is 0.563. The molecule has 0 aliphatic heterocycles. The van der Waals surface area contributed by atoms with Gasteiger partial charge < -0.3 is 4.98 Å². The van der Waals surface area contributed by atoms with Gasteiger partial charge in [0.05, 0.1) is 6.20 Å². The zero-order chi connectivity index (χ0) is 14.9. The molecule has 2 aromatic rings. The van der Waals surface area contributed by atoms with E-state index < -0.39 is 10.0 Å². The number of aryl methyl sites for hydroxylation is 3. The van der Waals surface area contributed by atoms with Crippen LogP contribution in [-0.2, 0) is 10.0 Å². The van der Waals surface area contributed by atoms with Crippen LogP contribution in [0.3, 0.4) is 0 Å². The fourth-order valence-electron chi connectivity index (χ4n) is 2.12. The summed E-state index contributed by atoms with van der Waals surface area (Å²) in [5.41, 5.74) is 3.14. The summed E-state index contributed by atoms with van der Waals surface area (Å²) in [6.07, 6.45) is 1.33. The smallest absolute Gasteiger partial charge is 0.258 e. The van der Waals surface area contributed by atoms with Crippen LogP contribution in [0, 0.1) is 20.8 Å². The quantitative estimate of drug-likeness (QED) is 0.908. The molecule has 20 heavy (non-hydrogen) atoms. The molecule has 0 amide bonds. The number of sulfonamides is 1. The summed E-state index contributed by atoms with van der Waals surface area (Å²) < 4.78 is 27.2. The molecule has 2 rings (SSSR count). The number of imidazole rings is 1. The number of aromatic amines is 1. The van der Waals surface area contributed by atoms with E-state index in [1.807, 2.05) is 39.0 Å². The van der Waals surface area contributed by atoms with Crippen molar-refractivity contribution in [2.45, 2.75) is 38.8 Å². The number of H-pyrrole nitrogens is 1. The van der Waals surface area contributed by atoms with Gasteiger partial charge in [0.2, 0.25) is 0 Å². The maximum Gasteiger partial charge on any atom is 0.258 e. The third-order valence-corrected chi connectivity index (χ3v) is 4.65. The van der Waals surface area contributed by atoms with Crippen LogP contribution in [0.15, 0.2) is 29.4 Å². The van der Waals surface area contributed by atoms with Crippen LogP contribution >= 0.6 is 0 Å². The van der Waals surface area contributed by atoms with Gasteiger partial charge in [0.25, 0.3) is 10.0 Å². The minimum Gasteiger partial charge on any atom is -0.332 e. The average molecular weight is 293 g/mol. The third kappa shape index (κ3) is 3.08. The topological polar surface area (TPSA) is 74.8 Å². The van der Waals surface area contributed by atoms with Crippen molar-refractivity contribution < 1.29 is 8.42 Å². The number of hydrogen-bond acceptors (Lipinski definition) is 3. The maximum atomic E-state index is 12.2. The minimum absolute atomic E-state index is 0.0900. The summed E-state index contributed by atoms with van der Waals surface area (Å²) in [6, 6.07) is 5.71. The average Bonchev–Trinajstić information content (AvgIpc) is 2.79. The van der Waals surface area contributed by atoms with Crippen LogP contribution in [0.1, 0.15) is 35.5 Å². The maximum absolute atomic E-state index is 12.2. The fourth-order valence-corrected chi connectivity index (χ4v) is 3.31. The van der Waals surface area contributed by atoms with Gasteiger partial charge in [-0.15, -0.1) is 0 Å². The molecule has 1 aromatic carbocycles. The van der Waals surface area contributed by atoms with Crippen molar-refractivity contribution >= 4 is 10.0 Å². The number of nitrogens with one attached hydrogen (secondary N) is 2. The van der Waals surface area contributed by atoms with Crippen LogP contribution in [-0.4, -0.2) is 18.4 Å². The Hall–Kier alpha value is -1.66. The molecular weight excluding hydrogens is 274 g/mol. The van der Waals surface area contributed by atoms with Crippen molar-refractivity contribution in [3.05, 3.63) is 46.9 Å². The Labute approximate surface area is 119 Å². The highest BCUT2D eigenvalue weighted by Crippen LogP contribution is 2.20. The first-order valence-corrected chi connectivity index (χ1v) is 7.89. The fraction of sp³-hybridized carbons (Fsp3) is 0.357. The second kappa shape index (κ2) is 5.38. The van der Waals surface area contributed by atoms with E-state index >= 15 is 0 Å². The van der Waals surface area contributed by atoms with Crippen LogP contribution < -0.4 is 4.72 Å². The lowest BCUT2D eigenvalue weighted by Crippen LogP contribution is -2.27. The number of rotatable bonds is 4. The first-order valence-electron chi connectivity index (χ1n) is 6.40. The minimum atomic E-state index is -3.58. The summed E-state index contributed by atoms with van der Waals surface area (Å²) >= 11 is 0. The molecule has 0 aliphatic carbocycles. The largest absolute Gasteiger partial charge is 0.332 e. The van der Waals surface area contributed by atoms with E-state index in [4.69, 9.17) is 0 Å². The molecule has 0 bridgehead atoms. The molecule has 0 fully saturated rings. The van der Waals surface area contributed by atoms with Crippen LogP contribution in [0.2, 0.25) is 0 Å². The van der Waals surface area contributed by atoms with Gasteiger partial charge in [0.15, 0.2) is 5.03 Å². The van der Waals surface area contributed by atoms with E-state index in [0.29, 0.717) is 5.82 Å². The molecule has 1 unspecified atom stereocenters. The van der Waals surface area contributed by atoms with Crippen LogP contribution in [0.25, 0.3) is 0 Å². The first-order chi connectivity index (χ1) is 9.29. The Bertz CT molecular complexity index is 720. The van der Waals surface area contributed by atoms with Gasteiger partial charge in [-0.25, -0.2) is 18.1 Å². The zero-order valence-corrected chi connectivity index (χ0v) is 12.9. The van der Waals surface area contributed by atoms with Gasteiger partial charge >= 0.3 is 0 Å². The normalized spacial score (nSPS) is 13.4. The molecule has 0 saturated heterocycles. The van der Waals surface area contributed by atoms with Crippen molar-refractivity contribution in [3.63, 3.8) is 0 Å². The van der Waals surface area contributed by atoms with Crippen LogP contribution in [0.5, 0.6) is 0 Å². The molecule has 0 spiro atoms. The van der Waals surface area contributed by atoms with E-state index in [1.54, 1.807) is 6.92 Å². The Morgan fingerprint density at radius 3 is 2.55 bits per heavy atom. The van der Waals surface area contributed by atoms with Crippen molar-refractivity contribution in [2.75, 3.05) is 0 Å². The summed E-state index contributed by atoms with van der Waals surface area (Å²) in [5, 5.41) is 0.0900. The standard InChI is InChI=1S/C14H19N3O2S/c1-9-5-6-10(2)13(7-9)11(3)17-20(18,19)14-8-15-12(4)16-14/h5-8,11,17H,1-4H3,(H,15,16). The van der Waals surface area contributed by atoms with Gasteiger partial charge in [-0.2, -0.15) is 0 Å². The molecule has 5 nitrogen and oxygen atoms in total. The molecule has 0 aliphatic rings. The Morgan fingerprint density at radius 1 is 1.25 bits per heavy atom. The molecule has 108 valence electrons. The highest BCUT2D eigenvalue weighted by molar-refractivity contribution is 7.89. The number of aromatic nitrogens is 2. The van der Waals surface area contributed by atoms with E-state index in [2.05, 4.69) is 14.7 Å². The SMILES string of the molecule is Cc1ccc(C)c(C(C)NS(=O)(=O)c2cnc(C)[nH]2)c1. The predicted molar refractivity (Wildman–Crippen MR) is 78.0 cm³/mol. The van der Waals surface area contributed by atoms with Crippen molar-refractivity contribution in [3.8, 4) is 0 Å². The lowest BCUT2D eigenvalue weighted by atomic mass is 10.0. The van der Waals surface area contributed by atoms with Gasteiger partial charge in [-0.3, -0.25) is 0 Å². The lowest BCUT2D eigenvalue weighted by Gasteiger charge is -2.16. The van der Waals surface area contributed by atoms with E-state index in [1.165, 1.54) is 6.20 Å². The third-order valence-electron chi connectivity index (χ3n) is 3.20. The number of hydrogen-bond donors (Lipinski definition) is 2. The van der Waals surface area contributed by atoms with Gasteiger partial charge in [-0.1, -0.05) is 23.8 Å². The second-order valence-corrected chi connectivity index (χ2v) is 6.72. The summed E-state index contributed by atoms with van der Waals surface area (Å²) in [7, 11) is -3.58. The van der Waals surface area contributed by atoms with Crippen LogP contribution in [0.4, 0.5) is 0 Å². The van der Waals surface area contributed by atoms with Crippen molar-refractivity contribution in [1.29, 1.82) is 0 Å². The predicted octanol–water partition coefficient (Wildman–Crippen LogP) is 2.37. The Kier molecular flexibility index (Phi) is 3.96. The van der Waals surface area contributed by atoms with Crippen molar-refractivity contribution in [2.24, 2.45) is 0 Å². The molecule has 1 atom stereocenters. The number of nitrogens with zero attached hydrogens (tertiary/aromatic N) is 1. The molecule has 6 heteroatoms. The second-order valence-electron chi connectivity index (χ2n) is 5.04. The number of benzene rings is 1. The highest BCUT2D eigenvalue weighted by Gasteiger charge is 2.21. The molecule has 0 radical (unpaired) electrons. The molecular formula is C14H19N3O2S. The Morgan fingerprint density at radius 2 is 1.95 bits per heavy atom. The van der Waals surface area contributed by atoms with E-state index in [-0.39, 0.29) is 11.1 Å². The summed E-state index contributed by atoms with van der Waals surface area (Å²) in [5.74, 6) is 0.574. The first kappa shape index (κ1) is 14.7. The summed E-state index contributed by atoms with van der Waals surface area (Å²) in [6.45, 7) is 7.51. The molecule has 0 saturated carbocycles. The highest BCUT2D eigenvalue weighted by atomic mass is 32.2. The zero-order valence-electron chi connectivity index (χ0n) is 12.1. The molecule has 1 heterocycles. The van der Waals surface area contributed by atoms with Gasteiger partial charge in [0, 0.05) is 6.04 Å². The summed E-state index contributed by atoms with van der Waals surface area (Å²) in [4.78, 5) is 6.66. The molecule has 1 aromatic heterocycles. The van der Waals surface area contributed by atoms with E-state index in [0.717, 1.165) is 16.7 Å². The van der Waals surface area contributed by atoms with Gasteiger partial charge in [0.1, 0.15) is 5.82 Å².